The summed E-state index contributed by atoms with van der Waals surface area (Å²) in [6.45, 7) is 11.1. The van der Waals surface area contributed by atoms with E-state index in [1.54, 1.807) is 0 Å². The summed E-state index contributed by atoms with van der Waals surface area (Å²) in [5, 5.41) is 0. The first-order chi connectivity index (χ1) is 7.88. The van der Waals surface area contributed by atoms with E-state index in [-0.39, 0.29) is 5.41 Å². The molecule has 0 saturated heterocycles. The van der Waals surface area contributed by atoms with E-state index in [9.17, 15) is 4.79 Å². The van der Waals surface area contributed by atoms with Crippen molar-refractivity contribution < 1.29 is 4.79 Å². The first-order valence-corrected chi connectivity index (χ1v) is 7.39. The molecule has 102 valence electrons. The van der Waals surface area contributed by atoms with Crippen molar-refractivity contribution in [2.45, 2.75) is 86.0 Å². The molecule has 0 aliphatic carbocycles. The highest BCUT2D eigenvalue weighted by molar-refractivity contribution is 5.78. The molecule has 17 heavy (non-hydrogen) atoms. The average molecular weight is 240 g/mol. The zero-order valence-electron chi connectivity index (χ0n) is 12.6. The molecular weight excluding hydrogens is 208 g/mol. The summed E-state index contributed by atoms with van der Waals surface area (Å²) in [5.74, 6) is 0.956. The van der Waals surface area contributed by atoms with Crippen molar-refractivity contribution in [1.29, 1.82) is 0 Å². The molecule has 0 saturated carbocycles. The van der Waals surface area contributed by atoms with Crippen LogP contribution in [0.1, 0.15) is 86.0 Å². The number of rotatable bonds is 9. The van der Waals surface area contributed by atoms with Gasteiger partial charge in [-0.25, -0.2) is 0 Å². The van der Waals surface area contributed by atoms with Gasteiger partial charge in [-0.15, -0.1) is 0 Å². The number of carbonyl (C=O) groups is 1. The number of hydrogen-bond donors (Lipinski definition) is 0. The lowest BCUT2D eigenvalue weighted by molar-refractivity contribution is -0.120. The summed E-state index contributed by atoms with van der Waals surface area (Å²) in [4.78, 5) is 11.8. The molecule has 1 atom stereocenters. The van der Waals surface area contributed by atoms with E-state index in [0.717, 1.165) is 19.3 Å². The maximum atomic E-state index is 11.8. The van der Waals surface area contributed by atoms with Crippen LogP contribution in [0.5, 0.6) is 0 Å². The molecule has 0 aliphatic heterocycles. The van der Waals surface area contributed by atoms with Crippen LogP contribution in [0.3, 0.4) is 0 Å². The van der Waals surface area contributed by atoms with Gasteiger partial charge < -0.3 is 0 Å². The van der Waals surface area contributed by atoms with E-state index >= 15 is 0 Å². The van der Waals surface area contributed by atoms with Crippen molar-refractivity contribution >= 4 is 5.78 Å². The van der Waals surface area contributed by atoms with Gasteiger partial charge in [0.05, 0.1) is 0 Å². The second-order valence-electron chi connectivity index (χ2n) is 6.53. The predicted molar refractivity (Wildman–Crippen MR) is 76.2 cm³/mol. The van der Waals surface area contributed by atoms with Crippen LogP contribution in [0.15, 0.2) is 0 Å². The molecule has 0 radical (unpaired) electrons. The lowest BCUT2D eigenvalue weighted by Crippen LogP contribution is -2.20. The number of unbranched alkanes of at least 4 members (excludes halogenated alkanes) is 5. The van der Waals surface area contributed by atoms with E-state index in [1.165, 1.54) is 32.1 Å². The lowest BCUT2D eigenvalue weighted by Gasteiger charge is -2.26. The molecule has 0 aromatic carbocycles. The molecule has 1 unspecified atom stereocenters. The molecular formula is C16H32O. The quantitative estimate of drug-likeness (QED) is 0.495. The number of ketones is 1. The van der Waals surface area contributed by atoms with Crippen LogP contribution < -0.4 is 0 Å². The van der Waals surface area contributed by atoms with Crippen molar-refractivity contribution in [1.82, 2.24) is 0 Å². The van der Waals surface area contributed by atoms with E-state index in [0.29, 0.717) is 11.7 Å². The Morgan fingerprint density at radius 2 is 1.53 bits per heavy atom. The highest BCUT2D eigenvalue weighted by atomic mass is 16.1. The van der Waals surface area contributed by atoms with Crippen LogP contribution in [-0.2, 0) is 4.79 Å². The van der Waals surface area contributed by atoms with Gasteiger partial charge in [-0.3, -0.25) is 4.79 Å². The Balaban J connectivity index is 3.53. The molecule has 0 heterocycles. The number of Topliss-reactive ketones (excluding diaryl/α,β-unsaturated/α-hetero) is 1. The zero-order valence-corrected chi connectivity index (χ0v) is 12.6. The van der Waals surface area contributed by atoms with Gasteiger partial charge in [-0.05, 0) is 17.8 Å². The van der Waals surface area contributed by atoms with Crippen LogP contribution in [0.2, 0.25) is 0 Å². The Kier molecular flexibility index (Phi) is 8.55. The minimum atomic E-state index is 0.261. The largest absolute Gasteiger partial charge is 0.300 e. The molecule has 1 nitrogen and oxygen atoms in total. The van der Waals surface area contributed by atoms with Gasteiger partial charge in [0.25, 0.3) is 0 Å². The normalized spacial score (nSPS) is 13.7. The Hall–Kier alpha value is -0.330. The summed E-state index contributed by atoms with van der Waals surface area (Å²) in [7, 11) is 0. The van der Waals surface area contributed by atoms with Crippen molar-refractivity contribution in [3.63, 3.8) is 0 Å². The van der Waals surface area contributed by atoms with Crippen LogP contribution in [0.4, 0.5) is 0 Å². The van der Waals surface area contributed by atoms with Crippen LogP contribution in [-0.4, -0.2) is 5.78 Å². The highest BCUT2D eigenvalue weighted by Crippen LogP contribution is 2.28. The first-order valence-electron chi connectivity index (χ1n) is 7.39. The minimum Gasteiger partial charge on any atom is -0.300 e. The van der Waals surface area contributed by atoms with Gasteiger partial charge in [0.1, 0.15) is 5.78 Å². The van der Waals surface area contributed by atoms with E-state index in [2.05, 4.69) is 34.6 Å². The van der Waals surface area contributed by atoms with Gasteiger partial charge in [0, 0.05) is 12.8 Å². The topological polar surface area (TPSA) is 17.1 Å². The maximum absolute atomic E-state index is 11.8. The SMILES string of the molecule is CCCCCCCCC(=O)CC(C)C(C)(C)C. The van der Waals surface area contributed by atoms with Gasteiger partial charge >= 0.3 is 0 Å². The monoisotopic (exact) mass is 240 g/mol. The highest BCUT2D eigenvalue weighted by Gasteiger charge is 2.21. The fourth-order valence-corrected chi connectivity index (χ4v) is 1.85. The maximum Gasteiger partial charge on any atom is 0.133 e. The molecule has 0 aliphatic rings. The fourth-order valence-electron chi connectivity index (χ4n) is 1.85. The first kappa shape index (κ1) is 16.7. The fraction of sp³-hybridized carbons (Fsp3) is 0.938. The van der Waals surface area contributed by atoms with Gasteiger partial charge in [0.15, 0.2) is 0 Å². The van der Waals surface area contributed by atoms with Gasteiger partial charge in [-0.2, -0.15) is 0 Å². The third kappa shape index (κ3) is 9.38. The van der Waals surface area contributed by atoms with Crippen molar-refractivity contribution in [2.24, 2.45) is 11.3 Å². The lowest BCUT2D eigenvalue weighted by atomic mass is 9.79. The Labute approximate surface area is 108 Å². The van der Waals surface area contributed by atoms with Crippen LogP contribution in [0.25, 0.3) is 0 Å². The summed E-state index contributed by atoms with van der Waals surface area (Å²) in [6.07, 6.45) is 9.16. The van der Waals surface area contributed by atoms with Crippen LogP contribution in [0, 0.1) is 11.3 Å². The molecule has 0 N–H and O–H groups in total. The van der Waals surface area contributed by atoms with Gasteiger partial charge in [0.2, 0.25) is 0 Å². The number of carbonyl (C=O) groups excluding carboxylic acids is 1. The average Bonchev–Trinajstić information content (AvgIpc) is 2.21. The molecule has 0 aromatic heterocycles. The van der Waals surface area contributed by atoms with Crippen molar-refractivity contribution in [2.75, 3.05) is 0 Å². The summed E-state index contributed by atoms with van der Waals surface area (Å²) < 4.78 is 0. The summed E-state index contributed by atoms with van der Waals surface area (Å²) in [5.41, 5.74) is 0.261. The van der Waals surface area contributed by atoms with Crippen molar-refractivity contribution in [3.8, 4) is 0 Å². The van der Waals surface area contributed by atoms with E-state index in [4.69, 9.17) is 0 Å². The third-order valence-electron chi connectivity index (χ3n) is 3.82. The zero-order chi connectivity index (χ0) is 13.3. The standard InChI is InChI=1S/C16H32O/c1-6-7-8-9-10-11-12-15(17)13-14(2)16(3,4)5/h14H,6-13H2,1-5H3. The molecule has 0 aromatic rings. The molecule has 1 heteroatoms. The smallest absolute Gasteiger partial charge is 0.133 e. The molecule has 0 fully saturated rings. The Bertz CT molecular complexity index is 200. The van der Waals surface area contributed by atoms with Crippen molar-refractivity contribution in [3.05, 3.63) is 0 Å². The second kappa shape index (κ2) is 8.72. The minimum absolute atomic E-state index is 0.261. The summed E-state index contributed by atoms with van der Waals surface area (Å²) in [6, 6.07) is 0. The van der Waals surface area contributed by atoms with Gasteiger partial charge in [-0.1, -0.05) is 66.7 Å². The Morgan fingerprint density at radius 1 is 1.00 bits per heavy atom. The molecule has 0 spiro atoms. The molecule has 0 bridgehead atoms. The van der Waals surface area contributed by atoms with E-state index < -0.39 is 0 Å². The molecule has 0 rings (SSSR count). The molecule has 0 amide bonds. The summed E-state index contributed by atoms with van der Waals surface area (Å²) >= 11 is 0. The predicted octanol–water partition coefficient (Wildman–Crippen LogP) is 5.38. The Morgan fingerprint density at radius 3 is 2.06 bits per heavy atom. The number of hydrogen-bond acceptors (Lipinski definition) is 1. The van der Waals surface area contributed by atoms with Crippen LogP contribution >= 0.6 is 0 Å². The third-order valence-corrected chi connectivity index (χ3v) is 3.82. The second-order valence-corrected chi connectivity index (χ2v) is 6.53. The van der Waals surface area contributed by atoms with E-state index in [1.807, 2.05) is 0 Å².